The lowest BCUT2D eigenvalue weighted by Gasteiger charge is -2.21. The molecule has 0 amide bonds. The Morgan fingerprint density at radius 3 is 2.14 bits per heavy atom. The van der Waals surface area contributed by atoms with E-state index in [2.05, 4.69) is 31.9 Å². The smallest absolute Gasteiger partial charge is 0.324 e. The van der Waals surface area contributed by atoms with Crippen LogP contribution in [0, 0.1) is 0 Å². The second kappa shape index (κ2) is 4.45. The Hall–Kier alpha value is 0.330. The van der Waals surface area contributed by atoms with E-state index in [1.807, 2.05) is 18.2 Å². The van der Waals surface area contributed by atoms with Gasteiger partial charge in [0.25, 0.3) is 0 Å². The third kappa shape index (κ3) is 3.83. The largest absolute Gasteiger partial charge is 0.328 e. The van der Waals surface area contributed by atoms with E-state index >= 15 is 0 Å². The molecule has 0 saturated heterocycles. The van der Waals surface area contributed by atoms with Crippen LogP contribution >= 0.6 is 39.5 Å². The van der Waals surface area contributed by atoms with Gasteiger partial charge in [-0.2, -0.15) is 0 Å². The molecular formula is C8H9Br2O3P. The standard InChI is InChI=1S/C8H9Br2O3P/c9-8(10,6-14(11,12)13)7-4-2-1-3-5-7/h1-5H,6H2,(H2,11,12,13). The van der Waals surface area contributed by atoms with Crippen LogP contribution < -0.4 is 0 Å². The zero-order chi connectivity index (χ0) is 10.8. The van der Waals surface area contributed by atoms with Crippen LogP contribution in [-0.2, 0) is 7.80 Å². The molecule has 0 radical (unpaired) electrons. The first-order chi connectivity index (χ1) is 6.31. The van der Waals surface area contributed by atoms with E-state index in [9.17, 15) is 4.57 Å². The summed E-state index contributed by atoms with van der Waals surface area (Å²) in [5.74, 6) is 0. The van der Waals surface area contributed by atoms with Gasteiger partial charge in [-0.1, -0.05) is 62.2 Å². The van der Waals surface area contributed by atoms with Gasteiger partial charge in [0, 0.05) is 0 Å². The zero-order valence-electron chi connectivity index (χ0n) is 7.10. The van der Waals surface area contributed by atoms with Crippen molar-refractivity contribution in [3.05, 3.63) is 35.9 Å². The molecule has 14 heavy (non-hydrogen) atoms. The number of hydrogen-bond acceptors (Lipinski definition) is 1. The summed E-state index contributed by atoms with van der Waals surface area (Å²) in [6, 6.07) is 9.05. The molecule has 0 heterocycles. The third-order valence-electron chi connectivity index (χ3n) is 1.60. The molecule has 0 saturated carbocycles. The van der Waals surface area contributed by atoms with E-state index < -0.39 is 10.8 Å². The van der Waals surface area contributed by atoms with Gasteiger partial charge < -0.3 is 9.79 Å². The number of benzene rings is 1. The molecule has 0 atom stereocenters. The predicted octanol–water partition coefficient (Wildman–Crippen LogP) is 2.81. The highest BCUT2D eigenvalue weighted by molar-refractivity contribution is 9.24. The topological polar surface area (TPSA) is 57.5 Å². The molecule has 0 unspecified atom stereocenters. The molecule has 3 nitrogen and oxygen atoms in total. The summed E-state index contributed by atoms with van der Waals surface area (Å²) >= 11 is 6.50. The number of halogens is 2. The summed E-state index contributed by atoms with van der Waals surface area (Å²) in [6.07, 6.45) is -0.288. The number of hydrogen-bond donors (Lipinski definition) is 2. The molecule has 0 bridgehead atoms. The first kappa shape index (κ1) is 12.4. The summed E-state index contributed by atoms with van der Waals surface area (Å²) < 4.78 is 9.99. The van der Waals surface area contributed by atoms with Gasteiger partial charge in [0.05, 0.1) is 6.16 Å². The van der Waals surface area contributed by atoms with Gasteiger partial charge in [0.2, 0.25) is 0 Å². The van der Waals surface area contributed by atoms with Crippen LogP contribution in [0.3, 0.4) is 0 Å². The molecule has 2 N–H and O–H groups in total. The molecule has 0 aliphatic carbocycles. The van der Waals surface area contributed by atoms with Gasteiger partial charge in [0.15, 0.2) is 0 Å². The maximum Gasteiger partial charge on any atom is 0.328 e. The Bertz CT molecular complexity index is 347. The minimum Gasteiger partial charge on any atom is -0.324 e. The number of rotatable bonds is 3. The summed E-state index contributed by atoms with van der Waals surface area (Å²) in [4.78, 5) is 17.7. The number of alkyl halides is 2. The fourth-order valence-corrected chi connectivity index (χ4v) is 4.22. The molecule has 0 aliphatic heterocycles. The van der Waals surface area contributed by atoms with Crippen molar-refractivity contribution in [3.63, 3.8) is 0 Å². The highest BCUT2D eigenvalue weighted by Crippen LogP contribution is 2.50. The van der Waals surface area contributed by atoms with Crippen molar-refractivity contribution in [3.8, 4) is 0 Å². The fraction of sp³-hybridized carbons (Fsp3) is 0.250. The van der Waals surface area contributed by atoms with Crippen molar-refractivity contribution in [1.82, 2.24) is 0 Å². The highest BCUT2D eigenvalue weighted by Gasteiger charge is 2.33. The van der Waals surface area contributed by atoms with E-state index in [-0.39, 0.29) is 6.16 Å². The monoisotopic (exact) mass is 342 g/mol. The van der Waals surface area contributed by atoms with Gasteiger partial charge in [-0.15, -0.1) is 0 Å². The maximum absolute atomic E-state index is 10.9. The first-order valence-corrected chi connectivity index (χ1v) is 7.17. The minimum absolute atomic E-state index is 0.288. The molecular weight excluding hydrogens is 335 g/mol. The summed E-state index contributed by atoms with van der Waals surface area (Å²) in [5, 5.41) is 0. The zero-order valence-corrected chi connectivity index (χ0v) is 11.2. The lowest BCUT2D eigenvalue weighted by molar-refractivity contribution is 0.372. The van der Waals surface area contributed by atoms with E-state index in [0.717, 1.165) is 5.56 Å². The van der Waals surface area contributed by atoms with Gasteiger partial charge >= 0.3 is 7.60 Å². The van der Waals surface area contributed by atoms with Crippen molar-refractivity contribution < 1.29 is 14.4 Å². The normalized spacial score (nSPS) is 12.9. The second-order valence-corrected chi connectivity index (χ2v) is 8.31. The van der Waals surface area contributed by atoms with E-state index in [4.69, 9.17) is 9.79 Å². The van der Waals surface area contributed by atoms with E-state index in [0.29, 0.717) is 0 Å². The van der Waals surface area contributed by atoms with Crippen LogP contribution in [0.1, 0.15) is 5.56 Å². The fourth-order valence-electron chi connectivity index (χ4n) is 1.03. The van der Waals surface area contributed by atoms with Crippen molar-refractivity contribution in [1.29, 1.82) is 0 Å². The predicted molar refractivity (Wildman–Crippen MR) is 62.9 cm³/mol. The Kier molecular flexibility index (Phi) is 3.95. The molecule has 6 heteroatoms. The summed E-state index contributed by atoms with van der Waals surface area (Å²) in [7, 11) is -4.05. The summed E-state index contributed by atoms with van der Waals surface area (Å²) in [5.41, 5.74) is 0.781. The van der Waals surface area contributed by atoms with Gasteiger partial charge in [0.1, 0.15) is 3.23 Å². The quantitative estimate of drug-likeness (QED) is 0.655. The molecule has 1 rings (SSSR count). The Morgan fingerprint density at radius 2 is 1.71 bits per heavy atom. The average molecular weight is 344 g/mol. The second-order valence-electron chi connectivity index (χ2n) is 2.89. The average Bonchev–Trinajstić information content (AvgIpc) is 2.01. The van der Waals surface area contributed by atoms with Crippen LogP contribution in [0.5, 0.6) is 0 Å². The Balaban J connectivity index is 2.92. The van der Waals surface area contributed by atoms with E-state index in [1.165, 1.54) is 0 Å². The minimum atomic E-state index is -4.05. The highest BCUT2D eigenvalue weighted by atomic mass is 79.9. The molecule has 1 aromatic rings. The van der Waals surface area contributed by atoms with Gasteiger partial charge in [-0.05, 0) is 5.56 Å². The van der Waals surface area contributed by atoms with E-state index in [1.54, 1.807) is 12.1 Å². The molecule has 0 aromatic heterocycles. The molecule has 78 valence electrons. The van der Waals surface area contributed by atoms with Gasteiger partial charge in [-0.3, -0.25) is 4.57 Å². The van der Waals surface area contributed by atoms with Gasteiger partial charge in [-0.25, -0.2) is 0 Å². The summed E-state index contributed by atoms with van der Waals surface area (Å²) in [6.45, 7) is 0. The van der Waals surface area contributed by atoms with Crippen LogP contribution in [-0.4, -0.2) is 15.9 Å². The molecule has 0 aliphatic rings. The Morgan fingerprint density at radius 1 is 1.21 bits per heavy atom. The van der Waals surface area contributed by atoms with Crippen molar-refractivity contribution in [2.45, 2.75) is 3.23 Å². The van der Waals surface area contributed by atoms with Crippen LogP contribution in [0.15, 0.2) is 30.3 Å². The van der Waals surface area contributed by atoms with Crippen molar-refractivity contribution >= 4 is 39.5 Å². The van der Waals surface area contributed by atoms with Crippen LogP contribution in [0.25, 0.3) is 0 Å². The maximum atomic E-state index is 10.9. The van der Waals surface area contributed by atoms with Crippen LogP contribution in [0.4, 0.5) is 0 Å². The lowest BCUT2D eigenvalue weighted by Crippen LogP contribution is -2.14. The molecule has 0 fully saturated rings. The third-order valence-corrected chi connectivity index (χ3v) is 4.83. The van der Waals surface area contributed by atoms with Crippen molar-refractivity contribution in [2.75, 3.05) is 6.16 Å². The Labute approximate surface area is 98.9 Å². The molecule has 0 spiro atoms. The molecule has 1 aromatic carbocycles. The van der Waals surface area contributed by atoms with Crippen molar-refractivity contribution in [2.24, 2.45) is 0 Å². The SMILES string of the molecule is O=P(O)(O)CC(Br)(Br)c1ccccc1. The lowest BCUT2D eigenvalue weighted by atomic mass is 10.2. The first-order valence-electron chi connectivity index (χ1n) is 3.79. The van der Waals surface area contributed by atoms with Crippen LogP contribution in [0.2, 0.25) is 0 Å².